The van der Waals surface area contributed by atoms with E-state index in [1.807, 2.05) is 43.3 Å². The fraction of sp³-hybridized carbons (Fsp3) is 0.158. The van der Waals surface area contributed by atoms with Gasteiger partial charge in [-0.25, -0.2) is 0 Å². The first kappa shape index (κ1) is 15.8. The van der Waals surface area contributed by atoms with E-state index in [4.69, 9.17) is 9.47 Å². The van der Waals surface area contributed by atoms with E-state index >= 15 is 0 Å². The number of rotatable bonds is 5. The van der Waals surface area contributed by atoms with Gasteiger partial charge in [0.1, 0.15) is 6.10 Å². The van der Waals surface area contributed by atoms with Gasteiger partial charge in [0.15, 0.2) is 11.5 Å². The van der Waals surface area contributed by atoms with Gasteiger partial charge in [-0.15, -0.1) is 0 Å². The minimum absolute atomic E-state index is 0.0310. The van der Waals surface area contributed by atoms with Crippen LogP contribution in [0.2, 0.25) is 0 Å². The van der Waals surface area contributed by atoms with Crippen molar-refractivity contribution in [3.05, 3.63) is 76.3 Å². The van der Waals surface area contributed by atoms with Gasteiger partial charge >= 0.3 is 0 Å². The molecule has 1 atom stereocenters. The van der Waals surface area contributed by atoms with E-state index in [0.717, 1.165) is 16.3 Å². The maximum Gasteiger partial charge on any atom is 0.273 e. The molecule has 3 aromatic carbocycles. The topological polar surface area (TPSA) is 61.6 Å². The Balaban J connectivity index is 1.91. The molecule has 0 aliphatic carbocycles. The lowest BCUT2D eigenvalue weighted by Crippen LogP contribution is -2.04. The molecule has 0 N–H and O–H groups in total. The van der Waals surface area contributed by atoms with Gasteiger partial charge in [-0.3, -0.25) is 10.1 Å². The van der Waals surface area contributed by atoms with Crippen molar-refractivity contribution in [2.24, 2.45) is 0 Å². The highest BCUT2D eigenvalue weighted by Gasteiger charge is 2.16. The van der Waals surface area contributed by atoms with Crippen LogP contribution >= 0.6 is 0 Å². The highest BCUT2D eigenvalue weighted by atomic mass is 16.6. The quantitative estimate of drug-likeness (QED) is 0.495. The van der Waals surface area contributed by atoms with E-state index in [-0.39, 0.29) is 11.8 Å². The molecule has 0 bridgehead atoms. The van der Waals surface area contributed by atoms with Crippen LogP contribution in [0.15, 0.2) is 60.7 Å². The number of nitro groups is 1. The Morgan fingerprint density at radius 3 is 2.42 bits per heavy atom. The molecular formula is C19H17NO4. The number of hydrogen-bond donors (Lipinski definition) is 0. The third-order valence-corrected chi connectivity index (χ3v) is 3.90. The van der Waals surface area contributed by atoms with Crippen LogP contribution in [0.1, 0.15) is 18.6 Å². The minimum atomic E-state index is -0.451. The Morgan fingerprint density at radius 2 is 1.71 bits per heavy atom. The fourth-order valence-corrected chi connectivity index (χ4v) is 2.59. The smallest absolute Gasteiger partial charge is 0.273 e. The molecule has 0 spiro atoms. The van der Waals surface area contributed by atoms with Gasteiger partial charge in [-0.2, -0.15) is 0 Å². The summed E-state index contributed by atoms with van der Waals surface area (Å²) in [7, 11) is 1.51. The molecule has 0 aromatic heterocycles. The molecule has 0 radical (unpaired) electrons. The lowest BCUT2D eigenvalue weighted by atomic mass is 10.0. The highest BCUT2D eigenvalue weighted by molar-refractivity contribution is 5.83. The Hall–Kier alpha value is -3.08. The normalized spacial score (nSPS) is 11.9. The molecule has 5 heteroatoms. The van der Waals surface area contributed by atoms with Gasteiger partial charge in [-0.1, -0.05) is 36.4 Å². The monoisotopic (exact) mass is 323 g/mol. The molecule has 1 unspecified atom stereocenters. The third-order valence-electron chi connectivity index (χ3n) is 3.90. The first-order valence-corrected chi connectivity index (χ1v) is 7.56. The number of ether oxygens (including phenoxy) is 2. The van der Waals surface area contributed by atoms with E-state index in [1.54, 1.807) is 6.07 Å². The SMILES string of the molecule is COc1ccc([N+](=O)[O-])cc1OC(C)c1ccc2ccccc2c1. The Labute approximate surface area is 139 Å². The van der Waals surface area contributed by atoms with E-state index in [2.05, 4.69) is 6.07 Å². The van der Waals surface area contributed by atoms with Crippen LogP contribution in [0.5, 0.6) is 11.5 Å². The summed E-state index contributed by atoms with van der Waals surface area (Å²) in [6.45, 7) is 1.91. The molecule has 122 valence electrons. The zero-order valence-electron chi connectivity index (χ0n) is 13.4. The highest BCUT2D eigenvalue weighted by Crippen LogP contribution is 2.34. The third kappa shape index (κ3) is 3.15. The van der Waals surface area contributed by atoms with Crippen molar-refractivity contribution >= 4 is 16.5 Å². The van der Waals surface area contributed by atoms with Gasteiger partial charge in [0.05, 0.1) is 18.1 Å². The van der Waals surface area contributed by atoms with Gasteiger partial charge in [0, 0.05) is 6.07 Å². The van der Waals surface area contributed by atoms with Gasteiger partial charge in [0.25, 0.3) is 5.69 Å². The van der Waals surface area contributed by atoms with E-state index in [9.17, 15) is 10.1 Å². The average molecular weight is 323 g/mol. The number of nitrogens with zero attached hydrogens (tertiary/aromatic N) is 1. The summed E-state index contributed by atoms with van der Waals surface area (Å²) in [5.74, 6) is 0.820. The zero-order chi connectivity index (χ0) is 17.1. The Bertz CT molecular complexity index is 891. The molecule has 5 nitrogen and oxygen atoms in total. The molecule has 0 amide bonds. The summed E-state index contributed by atoms with van der Waals surface area (Å²) in [4.78, 5) is 10.5. The zero-order valence-corrected chi connectivity index (χ0v) is 13.4. The number of hydrogen-bond acceptors (Lipinski definition) is 4. The largest absolute Gasteiger partial charge is 0.493 e. The van der Waals surface area contributed by atoms with Crippen molar-refractivity contribution in [2.45, 2.75) is 13.0 Å². The van der Waals surface area contributed by atoms with Crippen LogP contribution in [0, 0.1) is 10.1 Å². The summed E-state index contributed by atoms with van der Waals surface area (Å²) >= 11 is 0. The van der Waals surface area contributed by atoms with Crippen molar-refractivity contribution in [3.8, 4) is 11.5 Å². The van der Waals surface area contributed by atoms with E-state index < -0.39 is 4.92 Å². The predicted molar refractivity (Wildman–Crippen MR) is 92.6 cm³/mol. The predicted octanol–water partition coefficient (Wildman–Crippen LogP) is 4.90. The van der Waals surface area contributed by atoms with Crippen LogP contribution < -0.4 is 9.47 Å². The van der Waals surface area contributed by atoms with Crippen LogP contribution in [0.4, 0.5) is 5.69 Å². The maximum atomic E-state index is 11.0. The average Bonchev–Trinajstić information content (AvgIpc) is 2.61. The molecule has 0 fully saturated rings. The van der Waals surface area contributed by atoms with Crippen molar-refractivity contribution in [1.82, 2.24) is 0 Å². The minimum Gasteiger partial charge on any atom is -0.493 e. The van der Waals surface area contributed by atoms with E-state index in [1.165, 1.54) is 19.2 Å². The number of methoxy groups -OCH3 is 1. The molecule has 3 rings (SSSR count). The maximum absolute atomic E-state index is 11.0. The lowest BCUT2D eigenvalue weighted by molar-refractivity contribution is -0.385. The number of benzene rings is 3. The summed E-state index contributed by atoms with van der Waals surface area (Å²) in [5.41, 5.74) is 0.957. The summed E-state index contributed by atoms with van der Waals surface area (Å²) in [5, 5.41) is 13.2. The molecule has 24 heavy (non-hydrogen) atoms. The summed E-state index contributed by atoms with van der Waals surface area (Å²) < 4.78 is 11.2. The molecule has 3 aromatic rings. The molecule has 0 aliphatic rings. The summed E-state index contributed by atoms with van der Waals surface area (Å²) in [6.07, 6.45) is -0.273. The van der Waals surface area contributed by atoms with Crippen molar-refractivity contribution in [3.63, 3.8) is 0 Å². The number of nitro benzene ring substituents is 1. The summed E-state index contributed by atoms with van der Waals surface area (Å²) in [6, 6.07) is 18.5. The molecule has 0 saturated heterocycles. The molecule has 0 heterocycles. The van der Waals surface area contributed by atoms with Crippen LogP contribution in [-0.4, -0.2) is 12.0 Å². The van der Waals surface area contributed by atoms with Crippen LogP contribution in [-0.2, 0) is 0 Å². The van der Waals surface area contributed by atoms with Crippen molar-refractivity contribution in [2.75, 3.05) is 7.11 Å². The Morgan fingerprint density at radius 1 is 0.958 bits per heavy atom. The van der Waals surface area contributed by atoms with Crippen molar-refractivity contribution in [1.29, 1.82) is 0 Å². The Kier molecular flexibility index (Phi) is 4.33. The van der Waals surface area contributed by atoms with Crippen molar-refractivity contribution < 1.29 is 14.4 Å². The van der Waals surface area contributed by atoms with Gasteiger partial charge < -0.3 is 9.47 Å². The number of fused-ring (bicyclic) bond motifs is 1. The standard InChI is InChI=1S/C19H17NO4/c1-13(15-8-7-14-5-3-4-6-16(14)11-15)24-19-12-17(20(21)22)9-10-18(19)23-2/h3-13H,1-2H3. The second-order valence-electron chi connectivity index (χ2n) is 5.46. The first-order chi connectivity index (χ1) is 11.6. The molecular weight excluding hydrogens is 306 g/mol. The second kappa shape index (κ2) is 6.58. The fourth-order valence-electron chi connectivity index (χ4n) is 2.59. The lowest BCUT2D eigenvalue weighted by Gasteiger charge is -2.17. The number of non-ortho nitro benzene ring substituents is 1. The second-order valence-corrected chi connectivity index (χ2v) is 5.46. The molecule has 0 aliphatic heterocycles. The van der Waals surface area contributed by atoms with Crippen LogP contribution in [0.3, 0.4) is 0 Å². The van der Waals surface area contributed by atoms with Gasteiger partial charge in [0.2, 0.25) is 0 Å². The van der Waals surface area contributed by atoms with Gasteiger partial charge in [-0.05, 0) is 35.4 Å². The first-order valence-electron chi connectivity index (χ1n) is 7.56. The van der Waals surface area contributed by atoms with Crippen LogP contribution in [0.25, 0.3) is 10.8 Å². The van der Waals surface area contributed by atoms with E-state index in [0.29, 0.717) is 11.5 Å². The molecule has 0 saturated carbocycles.